The normalized spacial score (nSPS) is 15.5. The number of nitrogens with zero attached hydrogens (tertiary/aromatic N) is 4. The molecule has 2 aromatic heterocycles. The van der Waals surface area contributed by atoms with Gasteiger partial charge in [-0.05, 0) is 36.6 Å². The summed E-state index contributed by atoms with van der Waals surface area (Å²) in [5, 5.41) is 0.202. The third-order valence-corrected chi connectivity index (χ3v) is 2.90. The molecule has 0 saturated carbocycles. The summed E-state index contributed by atoms with van der Waals surface area (Å²) in [6.07, 6.45) is 3.92. The zero-order valence-corrected chi connectivity index (χ0v) is 9.89. The van der Waals surface area contributed by atoms with Crippen molar-refractivity contribution in [1.29, 1.82) is 0 Å². The maximum absolute atomic E-state index is 5.91. The molecular formula is C11H11ClN4O. The molecular weight excluding hydrogens is 240 g/mol. The highest BCUT2D eigenvalue weighted by Crippen LogP contribution is 2.22. The molecule has 6 heteroatoms. The second-order valence-electron chi connectivity index (χ2n) is 3.90. The van der Waals surface area contributed by atoms with E-state index in [9.17, 15) is 0 Å². The Balaban J connectivity index is 2.00. The molecule has 1 aliphatic rings. The molecule has 0 aliphatic carbocycles. The van der Waals surface area contributed by atoms with E-state index in [0.29, 0.717) is 17.5 Å². The van der Waals surface area contributed by atoms with Crippen molar-refractivity contribution in [3.63, 3.8) is 0 Å². The van der Waals surface area contributed by atoms with Crippen LogP contribution in [0, 0.1) is 0 Å². The summed E-state index contributed by atoms with van der Waals surface area (Å²) in [5.74, 6) is 1.72. The first kappa shape index (κ1) is 10.5. The van der Waals surface area contributed by atoms with Gasteiger partial charge in [0, 0.05) is 13.1 Å². The van der Waals surface area contributed by atoms with Crippen LogP contribution in [0.4, 0.5) is 5.95 Å². The Morgan fingerprint density at radius 2 is 2.00 bits per heavy atom. The number of rotatable bonds is 2. The fourth-order valence-corrected chi connectivity index (χ4v) is 2.07. The van der Waals surface area contributed by atoms with Crippen LogP contribution in [0.25, 0.3) is 11.6 Å². The van der Waals surface area contributed by atoms with Crippen LogP contribution in [-0.2, 0) is 0 Å². The fraction of sp³-hybridized carbons (Fsp3) is 0.364. The maximum Gasteiger partial charge on any atom is 0.230 e. The van der Waals surface area contributed by atoms with Gasteiger partial charge in [-0.25, -0.2) is 0 Å². The van der Waals surface area contributed by atoms with Crippen molar-refractivity contribution in [3.05, 3.63) is 23.7 Å². The van der Waals surface area contributed by atoms with Gasteiger partial charge in [0.05, 0.1) is 6.26 Å². The van der Waals surface area contributed by atoms with Crippen molar-refractivity contribution in [1.82, 2.24) is 15.0 Å². The van der Waals surface area contributed by atoms with E-state index in [-0.39, 0.29) is 5.28 Å². The van der Waals surface area contributed by atoms with Gasteiger partial charge in [-0.15, -0.1) is 0 Å². The van der Waals surface area contributed by atoms with Crippen molar-refractivity contribution < 1.29 is 4.42 Å². The predicted molar refractivity (Wildman–Crippen MR) is 64.0 cm³/mol. The highest BCUT2D eigenvalue weighted by atomic mass is 35.5. The maximum atomic E-state index is 5.91. The molecule has 0 spiro atoms. The van der Waals surface area contributed by atoms with Crippen molar-refractivity contribution in [2.45, 2.75) is 12.8 Å². The smallest absolute Gasteiger partial charge is 0.230 e. The zero-order chi connectivity index (χ0) is 11.7. The van der Waals surface area contributed by atoms with Crippen molar-refractivity contribution in [2.75, 3.05) is 18.0 Å². The van der Waals surface area contributed by atoms with E-state index in [1.807, 2.05) is 0 Å². The van der Waals surface area contributed by atoms with Crippen LogP contribution in [0.2, 0.25) is 5.28 Å². The van der Waals surface area contributed by atoms with Crippen LogP contribution in [0.5, 0.6) is 0 Å². The molecule has 5 nitrogen and oxygen atoms in total. The standard InChI is InChI=1S/C11H11ClN4O/c12-10-13-9(8-4-3-7-17-8)14-11(15-10)16-5-1-2-6-16/h3-4,7H,1-2,5-6H2. The lowest BCUT2D eigenvalue weighted by Gasteiger charge is -2.14. The Labute approximate surface area is 103 Å². The number of hydrogen-bond donors (Lipinski definition) is 0. The summed E-state index contributed by atoms with van der Waals surface area (Å²) in [4.78, 5) is 14.7. The molecule has 1 fully saturated rings. The minimum absolute atomic E-state index is 0.202. The first-order valence-electron chi connectivity index (χ1n) is 5.53. The van der Waals surface area contributed by atoms with Gasteiger partial charge in [-0.2, -0.15) is 15.0 Å². The molecule has 0 atom stereocenters. The number of aromatic nitrogens is 3. The minimum atomic E-state index is 0.202. The highest BCUT2D eigenvalue weighted by Gasteiger charge is 2.18. The van der Waals surface area contributed by atoms with E-state index in [2.05, 4.69) is 19.9 Å². The van der Waals surface area contributed by atoms with E-state index >= 15 is 0 Å². The second kappa shape index (κ2) is 4.33. The lowest BCUT2D eigenvalue weighted by molar-refractivity contribution is 0.576. The summed E-state index contributed by atoms with van der Waals surface area (Å²) in [5.41, 5.74) is 0. The van der Waals surface area contributed by atoms with Crippen molar-refractivity contribution >= 4 is 17.5 Å². The van der Waals surface area contributed by atoms with Gasteiger partial charge in [0.2, 0.25) is 17.1 Å². The van der Waals surface area contributed by atoms with E-state index in [4.69, 9.17) is 16.0 Å². The summed E-state index contributed by atoms with van der Waals surface area (Å²) in [6, 6.07) is 3.60. The monoisotopic (exact) mass is 250 g/mol. The van der Waals surface area contributed by atoms with Gasteiger partial charge in [0.25, 0.3) is 0 Å². The molecule has 3 rings (SSSR count). The number of hydrogen-bond acceptors (Lipinski definition) is 5. The molecule has 0 unspecified atom stereocenters. The molecule has 1 saturated heterocycles. The second-order valence-corrected chi connectivity index (χ2v) is 4.24. The number of halogens is 1. The first-order chi connectivity index (χ1) is 8.33. The molecule has 3 heterocycles. The Morgan fingerprint density at radius 1 is 1.18 bits per heavy atom. The average molecular weight is 251 g/mol. The van der Waals surface area contributed by atoms with Crippen LogP contribution in [0.15, 0.2) is 22.8 Å². The van der Waals surface area contributed by atoms with E-state index in [1.54, 1.807) is 18.4 Å². The van der Waals surface area contributed by atoms with Gasteiger partial charge < -0.3 is 9.32 Å². The summed E-state index contributed by atoms with van der Waals surface area (Å²) in [7, 11) is 0. The predicted octanol–water partition coefficient (Wildman–Crippen LogP) is 2.39. The lowest BCUT2D eigenvalue weighted by atomic mass is 10.4. The van der Waals surface area contributed by atoms with Gasteiger partial charge in [0.15, 0.2) is 5.76 Å². The molecule has 0 bridgehead atoms. The molecule has 0 amide bonds. The first-order valence-corrected chi connectivity index (χ1v) is 5.91. The molecule has 0 aromatic carbocycles. The third kappa shape index (κ3) is 2.10. The molecule has 2 aromatic rings. The van der Waals surface area contributed by atoms with Crippen LogP contribution in [0.3, 0.4) is 0 Å². The van der Waals surface area contributed by atoms with E-state index in [1.165, 1.54) is 12.8 Å². The van der Waals surface area contributed by atoms with Gasteiger partial charge in [-0.3, -0.25) is 0 Å². The number of anilines is 1. The Morgan fingerprint density at radius 3 is 2.71 bits per heavy atom. The van der Waals surface area contributed by atoms with Crippen molar-refractivity contribution in [2.24, 2.45) is 0 Å². The minimum Gasteiger partial charge on any atom is -0.461 e. The van der Waals surface area contributed by atoms with Crippen LogP contribution in [0.1, 0.15) is 12.8 Å². The largest absolute Gasteiger partial charge is 0.461 e. The molecule has 17 heavy (non-hydrogen) atoms. The molecule has 88 valence electrons. The molecule has 1 aliphatic heterocycles. The summed E-state index contributed by atoms with van der Waals surface area (Å²) < 4.78 is 5.26. The summed E-state index contributed by atoms with van der Waals surface area (Å²) in [6.45, 7) is 1.94. The number of furan rings is 1. The quantitative estimate of drug-likeness (QED) is 0.819. The topological polar surface area (TPSA) is 55.1 Å². The Hall–Kier alpha value is -1.62. The van der Waals surface area contributed by atoms with Crippen LogP contribution >= 0.6 is 11.6 Å². The summed E-state index contributed by atoms with van der Waals surface area (Å²) >= 11 is 5.91. The fourth-order valence-electron chi connectivity index (χ4n) is 1.91. The Kier molecular flexibility index (Phi) is 2.68. The lowest BCUT2D eigenvalue weighted by Crippen LogP contribution is -2.21. The van der Waals surface area contributed by atoms with Crippen molar-refractivity contribution in [3.8, 4) is 11.6 Å². The van der Waals surface area contributed by atoms with Crippen LogP contribution in [-0.4, -0.2) is 28.0 Å². The van der Waals surface area contributed by atoms with Gasteiger partial charge in [0.1, 0.15) is 0 Å². The zero-order valence-electron chi connectivity index (χ0n) is 9.14. The van der Waals surface area contributed by atoms with E-state index < -0.39 is 0 Å². The van der Waals surface area contributed by atoms with Gasteiger partial charge >= 0.3 is 0 Å². The SMILES string of the molecule is Clc1nc(-c2ccco2)nc(N2CCCC2)n1. The highest BCUT2D eigenvalue weighted by molar-refractivity contribution is 6.28. The molecule has 0 N–H and O–H groups in total. The third-order valence-electron chi connectivity index (χ3n) is 2.73. The average Bonchev–Trinajstić information content (AvgIpc) is 3.02. The van der Waals surface area contributed by atoms with Crippen LogP contribution < -0.4 is 4.90 Å². The molecule has 0 radical (unpaired) electrons. The van der Waals surface area contributed by atoms with E-state index in [0.717, 1.165) is 13.1 Å². The Bertz CT molecular complexity index is 508. The van der Waals surface area contributed by atoms with Gasteiger partial charge in [-0.1, -0.05) is 0 Å².